The Balaban J connectivity index is 0.00000220. The minimum absolute atomic E-state index is 0. The highest BCUT2D eigenvalue weighted by Gasteiger charge is 2.23. The van der Waals surface area contributed by atoms with Gasteiger partial charge in [-0.2, -0.15) is 0 Å². The molecule has 0 aliphatic carbocycles. The van der Waals surface area contributed by atoms with Gasteiger partial charge < -0.3 is 10.6 Å². The molecule has 118 valence electrons. The lowest BCUT2D eigenvalue weighted by atomic mass is 10.2. The third kappa shape index (κ3) is 5.73. The summed E-state index contributed by atoms with van der Waals surface area (Å²) in [5.74, 6) is 0.0782. The Morgan fingerprint density at radius 1 is 1.48 bits per heavy atom. The fourth-order valence-corrected chi connectivity index (χ4v) is 3.09. The fourth-order valence-electron chi connectivity index (χ4n) is 2.57. The molecule has 1 saturated heterocycles. The summed E-state index contributed by atoms with van der Waals surface area (Å²) in [7, 11) is 0. The van der Waals surface area contributed by atoms with Gasteiger partial charge in [0.15, 0.2) is 0 Å². The lowest BCUT2D eigenvalue weighted by Crippen LogP contribution is -2.42. The van der Waals surface area contributed by atoms with Crippen LogP contribution in [0, 0.1) is 3.57 Å². The van der Waals surface area contributed by atoms with E-state index in [9.17, 15) is 4.79 Å². The van der Waals surface area contributed by atoms with Crippen molar-refractivity contribution in [1.29, 1.82) is 0 Å². The molecule has 1 unspecified atom stereocenters. The Bertz CT molecular complexity index is 452. The van der Waals surface area contributed by atoms with Gasteiger partial charge in [-0.15, -0.1) is 12.4 Å². The summed E-state index contributed by atoms with van der Waals surface area (Å²) in [5.41, 5.74) is 0.902. The first-order chi connectivity index (χ1) is 9.70. The van der Waals surface area contributed by atoms with Crippen molar-refractivity contribution < 1.29 is 4.79 Å². The zero-order chi connectivity index (χ0) is 14.4. The molecule has 1 aromatic carbocycles. The van der Waals surface area contributed by atoms with Crippen LogP contribution in [0.15, 0.2) is 24.3 Å². The van der Waals surface area contributed by atoms with Crippen LogP contribution in [-0.2, 0) is 4.79 Å². The van der Waals surface area contributed by atoms with Crippen LogP contribution in [0.1, 0.15) is 19.8 Å². The highest BCUT2D eigenvalue weighted by molar-refractivity contribution is 14.1. The smallest absolute Gasteiger partial charge is 0.238 e. The van der Waals surface area contributed by atoms with Crippen molar-refractivity contribution >= 4 is 46.6 Å². The molecule has 4 nitrogen and oxygen atoms in total. The third-order valence-electron chi connectivity index (χ3n) is 3.56. The van der Waals surface area contributed by atoms with E-state index < -0.39 is 0 Å². The number of amides is 1. The molecule has 1 aromatic rings. The number of nitrogens with zero attached hydrogens (tertiary/aromatic N) is 1. The zero-order valence-corrected chi connectivity index (χ0v) is 15.2. The van der Waals surface area contributed by atoms with Gasteiger partial charge in [-0.1, -0.05) is 19.1 Å². The lowest BCUT2D eigenvalue weighted by molar-refractivity contribution is -0.117. The second-order valence-corrected chi connectivity index (χ2v) is 6.31. The summed E-state index contributed by atoms with van der Waals surface area (Å²) in [6.45, 7) is 5.67. The number of hydrogen-bond donors (Lipinski definition) is 2. The van der Waals surface area contributed by atoms with Crippen molar-refractivity contribution in [3.8, 4) is 0 Å². The number of para-hydroxylation sites is 1. The molecule has 21 heavy (non-hydrogen) atoms. The van der Waals surface area contributed by atoms with Crippen molar-refractivity contribution in [2.24, 2.45) is 0 Å². The number of benzene rings is 1. The van der Waals surface area contributed by atoms with E-state index in [1.807, 2.05) is 24.3 Å². The molecule has 0 radical (unpaired) electrons. The Morgan fingerprint density at radius 3 is 2.86 bits per heavy atom. The number of hydrogen-bond acceptors (Lipinski definition) is 3. The van der Waals surface area contributed by atoms with Crippen molar-refractivity contribution in [1.82, 2.24) is 10.2 Å². The first-order valence-corrected chi connectivity index (χ1v) is 8.27. The van der Waals surface area contributed by atoms with Crippen LogP contribution >= 0.6 is 35.0 Å². The SMILES string of the molecule is CCCN(CC(=O)Nc1ccccc1I)C1CCNC1.Cl. The van der Waals surface area contributed by atoms with Gasteiger partial charge in [0.05, 0.1) is 12.2 Å². The molecule has 2 rings (SSSR count). The Morgan fingerprint density at radius 2 is 2.24 bits per heavy atom. The van der Waals surface area contributed by atoms with Gasteiger partial charge in [0, 0.05) is 16.2 Å². The predicted molar refractivity (Wildman–Crippen MR) is 98.2 cm³/mol. The van der Waals surface area contributed by atoms with E-state index in [0.717, 1.165) is 41.7 Å². The summed E-state index contributed by atoms with van der Waals surface area (Å²) >= 11 is 2.24. The molecule has 0 saturated carbocycles. The molecule has 6 heteroatoms. The van der Waals surface area contributed by atoms with E-state index in [0.29, 0.717) is 12.6 Å². The Hall–Kier alpha value is -0.370. The lowest BCUT2D eigenvalue weighted by Gasteiger charge is -2.27. The van der Waals surface area contributed by atoms with Gasteiger partial charge >= 0.3 is 0 Å². The van der Waals surface area contributed by atoms with Crippen molar-refractivity contribution in [2.45, 2.75) is 25.8 Å². The van der Waals surface area contributed by atoms with E-state index >= 15 is 0 Å². The minimum atomic E-state index is 0. The summed E-state index contributed by atoms with van der Waals surface area (Å²) in [5, 5.41) is 6.38. The minimum Gasteiger partial charge on any atom is -0.324 e. The van der Waals surface area contributed by atoms with Gasteiger partial charge in [-0.3, -0.25) is 9.69 Å². The molecular formula is C15H23ClIN3O. The maximum atomic E-state index is 12.2. The highest BCUT2D eigenvalue weighted by atomic mass is 127. The van der Waals surface area contributed by atoms with Crippen LogP contribution in [0.3, 0.4) is 0 Å². The average Bonchev–Trinajstić information content (AvgIpc) is 2.95. The van der Waals surface area contributed by atoms with Gasteiger partial charge in [-0.05, 0) is 60.7 Å². The normalized spacial score (nSPS) is 17.6. The predicted octanol–water partition coefficient (Wildman–Crippen LogP) is 2.73. The third-order valence-corrected chi connectivity index (χ3v) is 4.50. The topological polar surface area (TPSA) is 44.4 Å². The summed E-state index contributed by atoms with van der Waals surface area (Å²) in [6, 6.07) is 8.37. The maximum absolute atomic E-state index is 12.2. The second-order valence-electron chi connectivity index (χ2n) is 5.15. The van der Waals surface area contributed by atoms with Crippen molar-refractivity contribution in [3.63, 3.8) is 0 Å². The maximum Gasteiger partial charge on any atom is 0.238 e. The van der Waals surface area contributed by atoms with Gasteiger partial charge in [-0.25, -0.2) is 0 Å². The average molecular weight is 424 g/mol. The van der Waals surface area contributed by atoms with Crippen LogP contribution < -0.4 is 10.6 Å². The molecule has 1 amide bonds. The number of halogens is 2. The number of anilines is 1. The highest BCUT2D eigenvalue weighted by Crippen LogP contribution is 2.17. The van der Waals surface area contributed by atoms with Gasteiger partial charge in [0.2, 0.25) is 5.91 Å². The standard InChI is InChI=1S/C15H22IN3O.ClH/c1-2-9-19(12-7-8-17-10-12)11-15(20)18-14-6-4-3-5-13(14)16;/h3-6,12,17H,2,7-11H2,1H3,(H,18,20);1H. The van der Waals surface area contributed by atoms with E-state index in [1.54, 1.807) is 0 Å². The quantitative estimate of drug-likeness (QED) is 0.692. The van der Waals surface area contributed by atoms with E-state index in [1.165, 1.54) is 0 Å². The van der Waals surface area contributed by atoms with E-state index in [4.69, 9.17) is 0 Å². The number of carbonyl (C=O) groups is 1. The number of nitrogens with one attached hydrogen (secondary N) is 2. The number of carbonyl (C=O) groups excluding carboxylic acids is 1. The Labute approximate surface area is 146 Å². The molecule has 1 fully saturated rings. The molecule has 1 atom stereocenters. The van der Waals surface area contributed by atoms with Gasteiger partial charge in [0.1, 0.15) is 0 Å². The van der Waals surface area contributed by atoms with Crippen LogP contribution in [0.4, 0.5) is 5.69 Å². The Kier molecular flexibility index (Phi) is 8.55. The molecule has 1 heterocycles. The van der Waals surface area contributed by atoms with E-state index in [-0.39, 0.29) is 18.3 Å². The van der Waals surface area contributed by atoms with Gasteiger partial charge in [0.25, 0.3) is 0 Å². The second kappa shape index (κ2) is 9.61. The molecular weight excluding hydrogens is 401 g/mol. The largest absolute Gasteiger partial charge is 0.324 e. The molecule has 0 spiro atoms. The number of rotatable bonds is 6. The van der Waals surface area contributed by atoms with E-state index in [2.05, 4.69) is 45.0 Å². The molecule has 1 aliphatic rings. The summed E-state index contributed by atoms with van der Waals surface area (Å²) < 4.78 is 1.07. The summed E-state index contributed by atoms with van der Waals surface area (Å²) in [4.78, 5) is 14.5. The summed E-state index contributed by atoms with van der Waals surface area (Å²) in [6.07, 6.45) is 2.21. The first-order valence-electron chi connectivity index (χ1n) is 7.20. The van der Waals surface area contributed by atoms with Crippen LogP contribution in [0.5, 0.6) is 0 Å². The van der Waals surface area contributed by atoms with Crippen LogP contribution in [0.2, 0.25) is 0 Å². The zero-order valence-electron chi connectivity index (χ0n) is 12.3. The van der Waals surface area contributed by atoms with Crippen molar-refractivity contribution in [2.75, 3.05) is 31.5 Å². The van der Waals surface area contributed by atoms with Crippen LogP contribution in [0.25, 0.3) is 0 Å². The fraction of sp³-hybridized carbons (Fsp3) is 0.533. The molecule has 1 aliphatic heterocycles. The monoisotopic (exact) mass is 423 g/mol. The van der Waals surface area contributed by atoms with Crippen LogP contribution in [-0.4, -0.2) is 43.0 Å². The molecule has 2 N–H and O–H groups in total. The molecule has 0 aromatic heterocycles. The first kappa shape index (κ1) is 18.7. The molecule has 0 bridgehead atoms. The van der Waals surface area contributed by atoms with Crippen molar-refractivity contribution in [3.05, 3.63) is 27.8 Å².